The molecule has 1 aromatic rings. The normalized spacial score (nSPS) is 22.5. The Morgan fingerprint density at radius 3 is 3.08 bits per heavy atom. The van der Waals surface area contributed by atoms with Gasteiger partial charge in [0.2, 0.25) is 0 Å². The van der Waals surface area contributed by atoms with Gasteiger partial charge in [-0.05, 0) is 6.07 Å². The quantitative estimate of drug-likeness (QED) is 0.593. The SMILES string of the molecule is C[C@H]1[C-]=C(c2ccccn2)CCC1. The van der Waals surface area contributed by atoms with Crippen molar-refractivity contribution in [1.29, 1.82) is 0 Å². The molecule has 1 nitrogen and oxygen atoms in total. The molecule has 1 aliphatic rings. The largest absolute Gasteiger partial charge is 0.351 e. The summed E-state index contributed by atoms with van der Waals surface area (Å²) in [4.78, 5) is 4.34. The van der Waals surface area contributed by atoms with E-state index in [0.717, 1.165) is 12.1 Å². The summed E-state index contributed by atoms with van der Waals surface area (Å²) in [6, 6.07) is 6.06. The van der Waals surface area contributed by atoms with E-state index in [2.05, 4.69) is 24.1 Å². The van der Waals surface area contributed by atoms with Crippen LogP contribution in [0.15, 0.2) is 24.4 Å². The highest BCUT2D eigenvalue weighted by Crippen LogP contribution is 2.27. The first-order chi connectivity index (χ1) is 6.36. The Kier molecular flexibility index (Phi) is 2.44. The first-order valence-electron chi connectivity index (χ1n) is 4.90. The van der Waals surface area contributed by atoms with Crippen molar-refractivity contribution in [3.05, 3.63) is 36.2 Å². The van der Waals surface area contributed by atoms with Gasteiger partial charge in [0.15, 0.2) is 0 Å². The molecule has 2 rings (SSSR count). The van der Waals surface area contributed by atoms with Crippen LogP contribution in [0, 0.1) is 12.0 Å². The predicted octanol–water partition coefficient (Wildman–Crippen LogP) is 3.09. The van der Waals surface area contributed by atoms with Gasteiger partial charge in [-0.1, -0.05) is 37.9 Å². The van der Waals surface area contributed by atoms with Gasteiger partial charge in [-0.25, -0.2) is 0 Å². The highest BCUT2D eigenvalue weighted by Gasteiger charge is 2.02. The fourth-order valence-corrected chi connectivity index (χ4v) is 1.77. The lowest BCUT2D eigenvalue weighted by molar-refractivity contribution is 0.577. The molecular weight excluding hydrogens is 158 g/mol. The standard InChI is InChI=1S/C12H14N/c1-10-5-4-6-11(9-10)12-7-2-3-8-13-12/h2-3,7-8,10H,4-6H2,1H3/q-1/t10-/m1/s1. The van der Waals surface area contributed by atoms with Gasteiger partial charge in [0.25, 0.3) is 0 Å². The van der Waals surface area contributed by atoms with E-state index in [1.807, 2.05) is 18.3 Å². The molecule has 1 aliphatic carbocycles. The third kappa shape index (κ3) is 1.97. The average molecular weight is 172 g/mol. The zero-order valence-electron chi connectivity index (χ0n) is 7.96. The maximum Gasteiger partial charge on any atom is 0.00535 e. The molecule has 1 atom stereocenters. The van der Waals surface area contributed by atoms with Crippen molar-refractivity contribution in [1.82, 2.24) is 4.98 Å². The molecule has 0 fully saturated rings. The summed E-state index contributed by atoms with van der Waals surface area (Å²) in [5.41, 5.74) is 2.41. The van der Waals surface area contributed by atoms with Crippen molar-refractivity contribution in [2.24, 2.45) is 5.92 Å². The lowest BCUT2D eigenvalue weighted by atomic mass is 9.90. The lowest BCUT2D eigenvalue weighted by Crippen LogP contribution is -2.01. The fourth-order valence-electron chi connectivity index (χ4n) is 1.77. The molecule has 1 heteroatoms. The Labute approximate surface area is 79.5 Å². The van der Waals surface area contributed by atoms with Gasteiger partial charge >= 0.3 is 0 Å². The molecule has 0 unspecified atom stereocenters. The van der Waals surface area contributed by atoms with Crippen LogP contribution in [-0.4, -0.2) is 4.98 Å². The van der Waals surface area contributed by atoms with Crippen LogP contribution in [0.1, 0.15) is 31.9 Å². The first kappa shape index (κ1) is 8.49. The molecule has 0 N–H and O–H groups in total. The number of nitrogens with zero attached hydrogens (tertiary/aromatic N) is 1. The Bertz CT molecular complexity index is 300. The Morgan fingerprint density at radius 1 is 1.46 bits per heavy atom. The van der Waals surface area contributed by atoms with Crippen LogP contribution in [0.4, 0.5) is 0 Å². The molecule has 1 aromatic heterocycles. The van der Waals surface area contributed by atoms with Crippen molar-refractivity contribution in [3.8, 4) is 0 Å². The molecule has 0 aliphatic heterocycles. The summed E-state index contributed by atoms with van der Waals surface area (Å²) in [5.74, 6) is 0.603. The Morgan fingerprint density at radius 2 is 2.38 bits per heavy atom. The molecule has 0 amide bonds. The number of rotatable bonds is 1. The first-order valence-corrected chi connectivity index (χ1v) is 4.90. The maximum absolute atomic E-state index is 4.34. The fraction of sp³-hybridized carbons (Fsp3) is 0.417. The van der Waals surface area contributed by atoms with Crippen molar-refractivity contribution < 1.29 is 0 Å². The number of aromatic nitrogens is 1. The number of pyridine rings is 1. The van der Waals surface area contributed by atoms with Crippen LogP contribution in [0.3, 0.4) is 0 Å². The van der Waals surface area contributed by atoms with Gasteiger partial charge in [-0.2, -0.15) is 5.57 Å². The van der Waals surface area contributed by atoms with Gasteiger partial charge in [0.05, 0.1) is 0 Å². The molecule has 0 saturated heterocycles. The third-order valence-electron chi connectivity index (χ3n) is 2.46. The highest BCUT2D eigenvalue weighted by molar-refractivity contribution is 5.61. The van der Waals surface area contributed by atoms with E-state index in [1.54, 1.807) is 0 Å². The Hall–Kier alpha value is -1.11. The number of hydrogen-bond donors (Lipinski definition) is 0. The van der Waals surface area contributed by atoms with Gasteiger partial charge in [0, 0.05) is 6.20 Å². The molecular formula is C12H14N-. The minimum atomic E-state index is 0.603. The second kappa shape index (κ2) is 3.73. The summed E-state index contributed by atoms with van der Waals surface area (Å²) in [6.45, 7) is 2.22. The summed E-state index contributed by atoms with van der Waals surface area (Å²) >= 11 is 0. The van der Waals surface area contributed by atoms with E-state index in [1.165, 1.54) is 18.4 Å². The summed E-state index contributed by atoms with van der Waals surface area (Å²) in [6.07, 6.45) is 9.03. The molecule has 0 aromatic carbocycles. The lowest BCUT2D eigenvalue weighted by Gasteiger charge is -2.26. The van der Waals surface area contributed by atoms with Crippen LogP contribution in [0.25, 0.3) is 5.57 Å². The Balaban J connectivity index is 2.26. The molecule has 1 heterocycles. The molecule has 13 heavy (non-hydrogen) atoms. The van der Waals surface area contributed by atoms with Crippen LogP contribution >= 0.6 is 0 Å². The van der Waals surface area contributed by atoms with Gasteiger partial charge in [0.1, 0.15) is 0 Å². The van der Waals surface area contributed by atoms with E-state index in [-0.39, 0.29) is 0 Å². The average Bonchev–Trinajstić information content (AvgIpc) is 2.19. The predicted molar refractivity (Wildman–Crippen MR) is 53.9 cm³/mol. The van der Waals surface area contributed by atoms with E-state index in [4.69, 9.17) is 0 Å². The topological polar surface area (TPSA) is 12.9 Å². The molecule has 0 radical (unpaired) electrons. The number of allylic oxidation sites excluding steroid dienone is 2. The second-order valence-electron chi connectivity index (χ2n) is 3.63. The van der Waals surface area contributed by atoms with Crippen LogP contribution in [0.2, 0.25) is 0 Å². The molecule has 0 saturated carbocycles. The van der Waals surface area contributed by atoms with Crippen molar-refractivity contribution in [3.63, 3.8) is 0 Å². The zero-order chi connectivity index (χ0) is 9.10. The zero-order valence-corrected chi connectivity index (χ0v) is 7.96. The smallest absolute Gasteiger partial charge is 0.00535 e. The van der Waals surface area contributed by atoms with Gasteiger partial charge in [-0.15, -0.1) is 12.0 Å². The molecule has 68 valence electrons. The highest BCUT2D eigenvalue weighted by atomic mass is 14.7. The van der Waals surface area contributed by atoms with E-state index in [9.17, 15) is 0 Å². The van der Waals surface area contributed by atoms with Crippen LogP contribution in [0.5, 0.6) is 0 Å². The third-order valence-corrected chi connectivity index (χ3v) is 2.46. The van der Waals surface area contributed by atoms with E-state index >= 15 is 0 Å². The van der Waals surface area contributed by atoms with Crippen LogP contribution in [-0.2, 0) is 0 Å². The summed E-state index contributed by atoms with van der Waals surface area (Å²) < 4.78 is 0. The van der Waals surface area contributed by atoms with E-state index in [0.29, 0.717) is 5.92 Å². The van der Waals surface area contributed by atoms with Gasteiger partial charge in [-0.3, -0.25) is 6.08 Å². The molecule has 0 bridgehead atoms. The minimum Gasteiger partial charge on any atom is -0.351 e. The summed E-state index contributed by atoms with van der Waals surface area (Å²) in [7, 11) is 0. The van der Waals surface area contributed by atoms with Gasteiger partial charge < -0.3 is 4.98 Å². The maximum atomic E-state index is 4.34. The van der Waals surface area contributed by atoms with Crippen LogP contribution < -0.4 is 0 Å². The minimum absolute atomic E-state index is 0.603. The summed E-state index contributed by atoms with van der Waals surface area (Å²) in [5, 5.41) is 0. The number of hydrogen-bond acceptors (Lipinski definition) is 1. The second-order valence-corrected chi connectivity index (χ2v) is 3.63. The van der Waals surface area contributed by atoms with Crippen molar-refractivity contribution in [2.75, 3.05) is 0 Å². The van der Waals surface area contributed by atoms with Crippen molar-refractivity contribution in [2.45, 2.75) is 26.2 Å². The monoisotopic (exact) mass is 172 g/mol. The van der Waals surface area contributed by atoms with E-state index < -0.39 is 0 Å². The van der Waals surface area contributed by atoms with Crippen molar-refractivity contribution >= 4 is 5.57 Å². The molecule has 0 spiro atoms.